The first kappa shape index (κ1) is 16.5. The van der Waals surface area contributed by atoms with Gasteiger partial charge in [0.1, 0.15) is 0 Å². The molecule has 1 amide bonds. The Morgan fingerprint density at radius 3 is 2.68 bits per heavy atom. The number of hydrogen-bond acceptors (Lipinski definition) is 3. The molecule has 4 nitrogen and oxygen atoms in total. The van der Waals surface area contributed by atoms with E-state index >= 15 is 0 Å². The predicted molar refractivity (Wildman–Crippen MR) is 80.4 cm³/mol. The highest BCUT2D eigenvalue weighted by molar-refractivity contribution is 9.10. The first-order valence-corrected chi connectivity index (χ1v) is 8.70. The molecule has 1 aromatic rings. The third kappa shape index (κ3) is 5.12. The third-order valence-electron chi connectivity index (χ3n) is 2.49. The number of nitrogens with one attached hydrogen (secondary N) is 1. The fourth-order valence-electron chi connectivity index (χ4n) is 1.51. The first-order valence-electron chi connectivity index (χ1n) is 5.71. The van der Waals surface area contributed by atoms with Gasteiger partial charge in [-0.3, -0.25) is 4.79 Å². The Balaban J connectivity index is 2.77. The molecule has 0 aromatic heterocycles. The number of sulfone groups is 1. The molecule has 1 atom stereocenters. The molecule has 0 bridgehead atoms. The Bertz CT molecular complexity index is 574. The normalized spacial score (nSPS) is 13.1. The molecule has 0 spiro atoms. The van der Waals surface area contributed by atoms with Crippen molar-refractivity contribution in [3.8, 4) is 0 Å². The number of rotatable bonds is 5. The summed E-state index contributed by atoms with van der Waals surface area (Å²) < 4.78 is 23.7. The third-order valence-corrected chi connectivity index (χ3v) is 5.20. The monoisotopic (exact) mass is 367 g/mol. The number of amides is 1. The Hall–Kier alpha value is -0.590. The highest BCUT2D eigenvalue weighted by Crippen LogP contribution is 2.21. The van der Waals surface area contributed by atoms with E-state index in [0.717, 1.165) is 4.47 Å². The van der Waals surface area contributed by atoms with Gasteiger partial charge in [0, 0.05) is 16.3 Å². The summed E-state index contributed by atoms with van der Waals surface area (Å²) in [6.45, 7) is 3.23. The maximum atomic E-state index is 12.0. The van der Waals surface area contributed by atoms with Crippen molar-refractivity contribution in [1.82, 2.24) is 5.32 Å². The molecule has 7 heteroatoms. The van der Waals surface area contributed by atoms with E-state index in [1.165, 1.54) is 0 Å². The zero-order chi connectivity index (χ0) is 14.6. The van der Waals surface area contributed by atoms with Gasteiger partial charge < -0.3 is 5.32 Å². The highest BCUT2D eigenvalue weighted by atomic mass is 79.9. The minimum Gasteiger partial charge on any atom is -0.349 e. The lowest BCUT2D eigenvalue weighted by molar-refractivity contribution is 0.0943. The van der Waals surface area contributed by atoms with Gasteiger partial charge in [-0.25, -0.2) is 8.42 Å². The SMILES string of the molecule is CCS(=O)(=O)CC(C)NC(=O)c1cc(Br)ccc1Cl. The van der Waals surface area contributed by atoms with E-state index in [2.05, 4.69) is 21.2 Å². The smallest absolute Gasteiger partial charge is 0.253 e. The molecule has 0 fully saturated rings. The molecule has 1 aromatic carbocycles. The molecule has 0 radical (unpaired) electrons. The van der Waals surface area contributed by atoms with Crippen molar-refractivity contribution < 1.29 is 13.2 Å². The van der Waals surface area contributed by atoms with Crippen LogP contribution in [0.1, 0.15) is 24.2 Å². The Labute approximate surface area is 126 Å². The van der Waals surface area contributed by atoms with Gasteiger partial charge in [0.05, 0.1) is 16.3 Å². The summed E-state index contributed by atoms with van der Waals surface area (Å²) in [6.07, 6.45) is 0. The summed E-state index contributed by atoms with van der Waals surface area (Å²) in [5, 5.41) is 2.96. The van der Waals surface area contributed by atoms with Crippen LogP contribution in [0.3, 0.4) is 0 Å². The summed E-state index contributed by atoms with van der Waals surface area (Å²) >= 11 is 9.19. The van der Waals surface area contributed by atoms with Crippen LogP contribution in [0, 0.1) is 0 Å². The number of halogens is 2. The van der Waals surface area contributed by atoms with E-state index in [-0.39, 0.29) is 17.4 Å². The molecule has 106 valence electrons. The van der Waals surface area contributed by atoms with Crippen LogP contribution in [0.25, 0.3) is 0 Å². The topological polar surface area (TPSA) is 63.2 Å². The lowest BCUT2D eigenvalue weighted by Crippen LogP contribution is -2.38. The van der Waals surface area contributed by atoms with Crippen molar-refractivity contribution in [2.45, 2.75) is 19.9 Å². The van der Waals surface area contributed by atoms with Gasteiger partial charge in [0.15, 0.2) is 9.84 Å². The average Bonchev–Trinajstić information content (AvgIpc) is 2.31. The summed E-state index contributed by atoms with van der Waals surface area (Å²) in [5.41, 5.74) is 0.316. The Morgan fingerprint density at radius 2 is 2.11 bits per heavy atom. The molecule has 1 unspecified atom stereocenters. The minimum absolute atomic E-state index is 0.0604. The second-order valence-electron chi connectivity index (χ2n) is 4.20. The number of carbonyl (C=O) groups is 1. The number of hydrogen-bond donors (Lipinski definition) is 1. The second kappa shape index (κ2) is 6.72. The van der Waals surface area contributed by atoms with Gasteiger partial charge >= 0.3 is 0 Å². The summed E-state index contributed by atoms with van der Waals surface area (Å²) in [7, 11) is -3.12. The zero-order valence-electron chi connectivity index (χ0n) is 10.6. The van der Waals surface area contributed by atoms with Gasteiger partial charge in [-0.2, -0.15) is 0 Å². The van der Waals surface area contributed by atoms with E-state index in [9.17, 15) is 13.2 Å². The first-order chi connectivity index (χ1) is 8.75. The van der Waals surface area contributed by atoms with Gasteiger partial charge in [0.2, 0.25) is 0 Å². The van der Waals surface area contributed by atoms with Crippen LogP contribution in [0.4, 0.5) is 0 Å². The van der Waals surface area contributed by atoms with Crippen molar-refractivity contribution in [3.63, 3.8) is 0 Å². The average molecular weight is 369 g/mol. The maximum absolute atomic E-state index is 12.0. The number of carbonyl (C=O) groups excluding carboxylic acids is 1. The molecule has 0 aliphatic rings. The fraction of sp³-hybridized carbons (Fsp3) is 0.417. The minimum atomic E-state index is -3.12. The molecule has 0 aliphatic heterocycles. The van der Waals surface area contributed by atoms with Gasteiger partial charge in [-0.1, -0.05) is 34.5 Å². The zero-order valence-corrected chi connectivity index (χ0v) is 13.8. The lowest BCUT2D eigenvalue weighted by atomic mass is 10.2. The van der Waals surface area contributed by atoms with Crippen molar-refractivity contribution in [3.05, 3.63) is 33.3 Å². The van der Waals surface area contributed by atoms with Gasteiger partial charge in [-0.15, -0.1) is 0 Å². The van der Waals surface area contributed by atoms with Crippen molar-refractivity contribution in [2.24, 2.45) is 0 Å². The van der Waals surface area contributed by atoms with Gasteiger partial charge in [-0.05, 0) is 25.1 Å². The van der Waals surface area contributed by atoms with E-state index in [0.29, 0.717) is 10.6 Å². The van der Waals surface area contributed by atoms with Crippen LogP contribution in [0.5, 0.6) is 0 Å². The molecule has 1 N–H and O–H groups in total. The standard InChI is InChI=1S/C12H15BrClNO3S/c1-3-19(17,18)7-8(2)15-12(16)10-6-9(13)4-5-11(10)14/h4-6,8H,3,7H2,1-2H3,(H,15,16). The van der Waals surface area contributed by atoms with Crippen LogP contribution in [-0.2, 0) is 9.84 Å². The van der Waals surface area contributed by atoms with Crippen LogP contribution < -0.4 is 5.32 Å². The van der Waals surface area contributed by atoms with Crippen molar-refractivity contribution in [2.75, 3.05) is 11.5 Å². The summed E-state index contributed by atoms with van der Waals surface area (Å²) in [5.74, 6) is -0.406. The Kier molecular flexibility index (Phi) is 5.82. The predicted octanol–water partition coefficient (Wildman–Crippen LogP) is 2.66. The van der Waals surface area contributed by atoms with Gasteiger partial charge in [0.25, 0.3) is 5.91 Å². The van der Waals surface area contributed by atoms with Crippen LogP contribution in [-0.4, -0.2) is 31.9 Å². The van der Waals surface area contributed by atoms with Crippen LogP contribution in [0.15, 0.2) is 22.7 Å². The molecule has 0 heterocycles. The van der Waals surface area contributed by atoms with E-state index < -0.39 is 15.9 Å². The van der Waals surface area contributed by atoms with Crippen LogP contribution >= 0.6 is 27.5 Å². The lowest BCUT2D eigenvalue weighted by Gasteiger charge is -2.14. The molecule has 19 heavy (non-hydrogen) atoms. The summed E-state index contributed by atoms with van der Waals surface area (Å²) in [6, 6.07) is 4.46. The highest BCUT2D eigenvalue weighted by Gasteiger charge is 2.18. The molecular formula is C12H15BrClNO3S. The van der Waals surface area contributed by atoms with E-state index in [1.807, 2.05) is 0 Å². The molecular weight excluding hydrogens is 354 g/mol. The molecule has 0 saturated carbocycles. The molecule has 0 aliphatic carbocycles. The maximum Gasteiger partial charge on any atom is 0.253 e. The quantitative estimate of drug-likeness (QED) is 0.869. The number of benzene rings is 1. The second-order valence-corrected chi connectivity index (χ2v) is 7.92. The van der Waals surface area contributed by atoms with Crippen molar-refractivity contribution >= 4 is 43.3 Å². The van der Waals surface area contributed by atoms with E-state index in [4.69, 9.17) is 11.6 Å². The molecule has 1 rings (SSSR count). The Morgan fingerprint density at radius 1 is 1.47 bits per heavy atom. The summed E-state index contributed by atoms with van der Waals surface area (Å²) in [4.78, 5) is 12.0. The van der Waals surface area contributed by atoms with Crippen molar-refractivity contribution in [1.29, 1.82) is 0 Å². The van der Waals surface area contributed by atoms with E-state index in [1.54, 1.807) is 32.0 Å². The fourth-order valence-corrected chi connectivity index (χ4v) is 3.16. The largest absolute Gasteiger partial charge is 0.349 e. The molecule has 0 saturated heterocycles. The van der Waals surface area contributed by atoms with Crippen LogP contribution in [0.2, 0.25) is 5.02 Å².